The molecular formula is C20H20N6O3S. The number of sulfonamides is 1. The smallest absolute Gasteiger partial charge is 0.264 e. The van der Waals surface area contributed by atoms with Gasteiger partial charge in [0.25, 0.3) is 15.9 Å². The Labute approximate surface area is 174 Å². The van der Waals surface area contributed by atoms with Gasteiger partial charge in [-0.3, -0.25) is 4.79 Å². The molecule has 1 amide bonds. The average molecular weight is 424 g/mol. The summed E-state index contributed by atoms with van der Waals surface area (Å²) >= 11 is 0. The average Bonchev–Trinajstić information content (AvgIpc) is 2.80. The van der Waals surface area contributed by atoms with Gasteiger partial charge in [-0.05, 0) is 42.8 Å². The molecule has 2 heterocycles. The van der Waals surface area contributed by atoms with Crippen LogP contribution in [0.5, 0.6) is 0 Å². The van der Waals surface area contributed by atoms with E-state index in [0.29, 0.717) is 34.0 Å². The number of nitrogen functional groups attached to an aromatic ring is 1. The second-order valence-corrected chi connectivity index (χ2v) is 8.65. The number of carbonyl (C=O) groups is 1. The second-order valence-electron chi connectivity index (χ2n) is 6.97. The third-order valence-electron chi connectivity index (χ3n) is 5.01. The van der Waals surface area contributed by atoms with Crippen molar-refractivity contribution in [1.29, 1.82) is 0 Å². The first-order valence-electron chi connectivity index (χ1n) is 9.06. The number of amides is 1. The van der Waals surface area contributed by atoms with Crippen molar-refractivity contribution in [3.05, 3.63) is 59.8 Å². The number of carbonyl (C=O) groups excluding carboxylic acids is 1. The van der Waals surface area contributed by atoms with Crippen molar-refractivity contribution in [2.75, 3.05) is 34.4 Å². The molecule has 9 nitrogen and oxygen atoms in total. The summed E-state index contributed by atoms with van der Waals surface area (Å²) in [7, 11) is -0.531. The van der Waals surface area contributed by atoms with E-state index in [2.05, 4.69) is 14.7 Å². The van der Waals surface area contributed by atoms with E-state index >= 15 is 0 Å². The summed E-state index contributed by atoms with van der Waals surface area (Å²) in [5.74, 6) is 0.0952. The lowest BCUT2D eigenvalue weighted by Crippen LogP contribution is -2.26. The molecule has 0 unspecified atom stereocenters. The maximum Gasteiger partial charge on any atom is 0.264 e. The highest BCUT2D eigenvalue weighted by Crippen LogP contribution is 2.37. The Morgan fingerprint density at radius 2 is 1.77 bits per heavy atom. The highest BCUT2D eigenvalue weighted by atomic mass is 32.2. The van der Waals surface area contributed by atoms with Crippen molar-refractivity contribution in [2.24, 2.45) is 0 Å². The number of fused-ring (bicyclic) bond motifs is 2. The zero-order chi connectivity index (χ0) is 21.6. The van der Waals surface area contributed by atoms with Gasteiger partial charge >= 0.3 is 0 Å². The van der Waals surface area contributed by atoms with Crippen LogP contribution in [0.25, 0.3) is 0 Å². The van der Waals surface area contributed by atoms with Gasteiger partial charge in [-0.25, -0.2) is 18.1 Å². The van der Waals surface area contributed by atoms with Gasteiger partial charge < -0.3 is 15.5 Å². The molecule has 2 aromatic carbocycles. The van der Waals surface area contributed by atoms with E-state index < -0.39 is 10.0 Å². The maximum atomic E-state index is 12.8. The number of nitrogens with zero attached hydrogens (tertiary/aromatic N) is 4. The number of hydrogen-bond acceptors (Lipinski definition) is 7. The number of nitrogens with one attached hydrogen (secondary N) is 1. The fraction of sp³-hybridized carbons (Fsp3) is 0.150. The minimum absolute atomic E-state index is 0.0544. The van der Waals surface area contributed by atoms with Crippen molar-refractivity contribution < 1.29 is 13.2 Å². The Bertz CT molecular complexity index is 1280. The molecule has 3 N–H and O–H groups in total. The van der Waals surface area contributed by atoms with Crippen molar-refractivity contribution in [3.63, 3.8) is 0 Å². The van der Waals surface area contributed by atoms with Crippen LogP contribution >= 0.6 is 0 Å². The Kier molecular flexibility index (Phi) is 4.58. The molecule has 1 aromatic heterocycles. The standard InChI is InChI=1S/C20H20N6O3S/c1-12-10-13(8-9-15(12)21)30(28,29)24-20-22-11-17-18(23-20)25(2)16-7-5-4-6-14(16)19(27)26(17)3/h4-11H,21H2,1-3H3,(H,22,23,24). The van der Waals surface area contributed by atoms with Gasteiger partial charge in [-0.1, -0.05) is 12.1 Å². The van der Waals surface area contributed by atoms with Gasteiger partial charge in [0.2, 0.25) is 5.95 Å². The highest BCUT2D eigenvalue weighted by Gasteiger charge is 2.29. The summed E-state index contributed by atoms with van der Waals surface area (Å²) in [5.41, 5.74) is 8.57. The predicted octanol–water partition coefficient (Wildman–Crippen LogP) is 2.53. The molecule has 10 heteroatoms. The van der Waals surface area contributed by atoms with E-state index in [1.807, 2.05) is 6.07 Å². The Hall–Kier alpha value is -3.66. The van der Waals surface area contributed by atoms with Crippen molar-refractivity contribution in [1.82, 2.24) is 9.97 Å². The molecule has 0 radical (unpaired) electrons. The monoisotopic (exact) mass is 424 g/mol. The minimum Gasteiger partial charge on any atom is -0.399 e. The molecule has 3 aromatic rings. The zero-order valence-corrected chi connectivity index (χ0v) is 17.4. The van der Waals surface area contributed by atoms with Gasteiger partial charge in [-0.2, -0.15) is 4.98 Å². The van der Waals surface area contributed by atoms with Crippen LogP contribution in [0.15, 0.2) is 53.6 Å². The molecule has 0 fully saturated rings. The Morgan fingerprint density at radius 3 is 2.50 bits per heavy atom. The molecule has 0 bridgehead atoms. The second kappa shape index (κ2) is 6.99. The van der Waals surface area contributed by atoms with Crippen LogP contribution in [0.1, 0.15) is 15.9 Å². The number of benzene rings is 2. The molecule has 0 spiro atoms. The SMILES string of the molecule is Cc1cc(S(=O)(=O)Nc2ncc3c(n2)N(C)c2ccccc2C(=O)N3C)ccc1N. The van der Waals surface area contributed by atoms with Gasteiger partial charge in [0.05, 0.1) is 22.3 Å². The van der Waals surface area contributed by atoms with Gasteiger partial charge in [0.15, 0.2) is 5.82 Å². The van der Waals surface area contributed by atoms with Gasteiger partial charge in [0.1, 0.15) is 5.69 Å². The van der Waals surface area contributed by atoms with Gasteiger partial charge in [-0.15, -0.1) is 0 Å². The summed E-state index contributed by atoms with van der Waals surface area (Å²) in [6.45, 7) is 1.73. The molecular weight excluding hydrogens is 404 g/mol. The van der Waals surface area contributed by atoms with Crippen LogP contribution in [0.2, 0.25) is 0 Å². The third-order valence-corrected chi connectivity index (χ3v) is 6.33. The Balaban J connectivity index is 1.76. The normalized spacial score (nSPS) is 13.5. The fourth-order valence-electron chi connectivity index (χ4n) is 3.24. The Morgan fingerprint density at radius 1 is 1.03 bits per heavy atom. The first-order chi connectivity index (χ1) is 14.2. The van der Waals surface area contributed by atoms with E-state index in [1.165, 1.54) is 29.3 Å². The molecule has 30 heavy (non-hydrogen) atoms. The lowest BCUT2D eigenvalue weighted by atomic mass is 10.1. The predicted molar refractivity (Wildman–Crippen MR) is 116 cm³/mol. The number of para-hydroxylation sites is 1. The van der Waals surface area contributed by atoms with Crippen LogP contribution in [-0.2, 0) is 10.0 Å². The molecule has 4 rings (SSSR count). The lowest BCUT2D eigenvalue weighted by Gasteiger charge is -2.21. The van der Waals surface area contributed by atoms with E-state index in [9.17, 15) is 13.2 Å². The molecule has 1 aliphatic rings. The maximum absolute atomic E-state index is 12.8. The summed E-state index contributed by atoms with van der Waals surface area (Å²) in [4.78, 5) is 24.6. The molecule has 0 atom stereocenters. The minimum atomic E-state index is -3.92. The molecule has 1 aliphatic heterocycles. The number of aromatic nitrogens is 2. The summed E-state index contributed by atoms with van der Waals surface area (Å²) < 4.78 is 28.0. The number of aryl methyl sites for hydroxylation is 1. The molecule has 0 saturated carbocycles. The van der Waals surface area contributed by atoms with Crippen LogP contribution in [-0.4, -0.2) is 38.4 Å². The highest BCUT2D eigenvalue weighted by molar-refractivity contribution is 7.92. The number of anilines is 5. The molecule has 0 aliphatic carbocycles. The van der Waals surface area contributed by atoms with Crippen LogP contribution in [0, 0.1) is 6.92 Å². The quantitative estimate of drug-likeness (QED) is 0.620. The van der Waals surface area contributed by atoms with E-state index in [0.717, 1.165) is 0 Å². The largest absolute Gasteiger partial charge is 0.399 e. The third kappa shape index (κ3) is 3.20. The molecule has 154 valence electrons. The number of nitrogens with two attached hydrogens (primary N) is 1. The first kappa shape index (κ1) is 19.6. The lowest BCUT2D eigenvalue weighted by molar-refractivity contribution is 0.0994. The first-order valence-corrected chi connectivity index (χ1v) is 10.5. The van der Waals surface area contributed by atoms with E-state index in [-0.39, 0.29) is 16.8 Å². The van der Waals surface area contributed by atoms with Crippen molar-refractivity contribution in [3.8, 4) is 0 Å². The van der Waals surface area contributed by atoms with Crippen LogP contribution in [0.4, 0.5) is 28.8 Å². The van der Waals surface area contributed by atoms with Crippen LogP contribution in [0.3, 0.4) is 0 Å². The van der Waals surface area contributed by atoms with E-state index in [4.69, 9.17) is 5.73 Å². The summed E-state index contributed by atoms with van der Waals surface area (Å²) in [6, 6.07) is 11.6. The van der Waals surface area contributed by atoms with Crippen molar-refractivity contribution in [2.45, 2.75) is 11.8 Å². The number of hydrogen-bond donors (Lipinski definition) is 2. The number of rotatable bonds is 3. The fourth-order valence-corrected chi connectivity index (χ4v) is 4.28. The summed E-state index contributed by atoms with van der Waals surface area (Å²) in [6.07, 6.45) is 1.43. The van der Waals surface area contributed by atoms with Crippen molar-refractivity contribution >= 4 is 44.8 Å². The van der Waals surface area contributed by atoms with E-state index in [1.54, 1.807) is 44.1 Å². The molecule has 0 saturated heterocycles. The topological polar surface area (TPSA) is 122 Å². The van der Waals surface area contributed by atoms with Crippen LogP contribution < -0.4 is 20.3 Å². The zero-order valence-electron chi connectivity index (χ0n) is 16.6. The van der Waals surface area contributed by atoms with Gasteiger partial charge in [0, 0.05) is 19.8 Å². The summed E-state index contributed by atoms with van der Waals surface area (Å²) in [5, 5.41) is 0.